The molecule has 0 heterocycles. The predicted molar refractivity (Wildman–Crippen MR) is 72.3 cm³/mol. The van der Waals surface area contributed by atoms with Gasteiger partial charge in [-0.2, -0.15) is 11.8 Å². The van der Waals surface area contributed by atoms with Gasteiger partial charge in [0, 0.05) is 5.25 Å². The van der Waals surface area contributed by atoms with Crippen molar-refractivity contribution >= 4 is 11.8 Å². The quantitative estimate of drug-likeness (QED) is 0.661. The summed E-state index contributed by atoms with van der Waals surface area (Å²) >= 11 is 2.04. The molecule has 1 heteroatoms. The van der Waals surface area contributed by atoms with Gasteiger partial charge in [0.25, 0.3) is 0 Å². The number of hydrogen-bond donors (Lipinski definition) is 0. The van der Waals surface area contributed by atoms with E-state index in [0.717, 1.165) is 17.1 Å². The lowest BCUT2D eigenvalue weighted by atomic mass is 9.76. The fraction of sp³-hybridized carbons (Fsp3) is 0.714. The largest absolute Gasteiger partial charge is 0.162 e. The highest BCUT2D eigenvalue weighted by molar-refractivity contribution is 7.99. The molecule has 0 fully saturated rings. The van der Waals surface area contributed by atoms with Crippen molar-refractivity contribution < 1.29 is 0 Å². The van der Waals surface area contributed by atoms with E-state index >= 15 is 0 Å². The van der Waals surface area contributed by atoms with Crippen molar-refractivity contribution in [3.63, 3.8) is 0 Å². The molecule has 1 aliphatic carbocycles. The first-order chi connectivity index (χ1) is 7.24. The van der Waals surface area contributed by atoms with Crippen LogP contribution < -0.4 is 0 Å². The van der Waals surface area contributed by atoms with E-state index in [9.17, 15) is 0 Å². The summed E-state index contributed by atoms with van der Waals surface area (Å²) in [6.07, 6.45) is 14.0. The van der Waals surface area contributed by atoms with Crippen LogP contribution in [0.4, 0.5) is 0 Å². The van der Waals surface area contributed by atoms with Crippen LogP contribution in [-0.2, 0) is 0 Å². The van der Waals surface area contributed by atoms with Crippen LogP contribution in [0, 0.1) is 17.8 Å². The highest BCUT2D eigenvalue weighted by Gasteiger charge is 2.28. The Balaban J connectivity index is 2.72. The molecule has 4 atom stereocenters. The van der Waals surface area contributed by atoms with E-state index in [1.807, 2.05) is 11.8 Å². The van der Waals surface area contributed by atoms with Crippen molar-refractivity contribution in [2.75, 3.05) is 6.26 Å². The molecule has 0 N–H and O–H groups in total. The van der Waals surface area contributed by atoms with Gasteiger partial charge in [-0.25, -0.2) is 0 Å². The molecule has 1 rings (SSSR count). The molecule has 1 aliphatic rings. The molecule has 0 nitrogen and oxygen atoms in total. The second-order valence-electron chi connectivity index (χ2n) is 4.46. The van der Waals surface area contributed by atoms with E-state index in [0.29, 0.717) is 5.92 Å². The van der Waals surface area contributed by atoms with Gasteiger partial charge < -0.3 is 0 Å². The van der Waals surface area contributed by atoms with E-state index < -0.39 is 0 Å². The zero-order chi connectivity index (χ0) is 11.3. The summed E-state index contributed by atoms with van der Waals surface area (Å²) in [5, 5.41) is 0.818. The SMILES string of the molecule is CCC(SC)C(CC)C1C=CC=C[C@@H]1C. The van der Waals surface area contributed by atoms with Gasteiger partial charge in [0.1, 0.15) is 0 Å². The van der Waals surface area contributed by atoms with Crippen LogP contribution in [0.2, 0.25) is 0 Å². The van der Waals surface area contributed by atoms with Gasteiger partial charge in [0.2, 0.25) is 0 Å². The number of hydrogen-bond acceptors (Lipinski definition) is 1. The summed E-state index contributed by atoms with van der Waals surface area (Å²) in [5.74, 6) is 2.29. The molecule has 0 bridgehead atoms. The topological polar surface area (TPSA) is 0 Å². The van der Waals surface area contributed by atoms with E-state index in [4.69, 9.17) is 0 Å². The molecule has 15 heavy (non-hydrogen) atoms. The van der Waals surface area contributed by atoms with Gasteiger partial charge in [-0.15, -0.1) is 0 Å². The zero-order valence-corrected chi connectivity index (χ0v) is 11.3. The monoisotopic (exact) mass is 224 g/mol. The standard InChI is InChI=1S/C14H24S/c1-5-12(14(6-2)15-4)13-10-8-7-9-11(13)3/h7-14H,5-6H2,1-4H3/t11-,12?,13?,14?/m0/s1. The fourth-order valence-electron chi connectivity index (χ4n) is 2.70. The zero-order valence-electron chi connectivity index (χ0n) is 10.4. The Bertz CT molecular complexity index is 225. The first-order valence-corrected chi connectivity index (χ1v) is 7.41. The second kappa shape index (κ2) is 6.42. The minimum atomic E-state index is 0.709. The molecule has 86 valence electrons. The highest BCUT2D eigenvalue weighted by Crippen LogP contribution is 2.36. The Kier molecular flexibility index (Phi) is 5.52. The van der Waals surface area contributed by atoms with Crippen molar-refractivity contribution in [1.29, 1.82) is 0 Å². The minimum Gasteiger partial charge on any atom is -0.162 e. The van der Waals surface area contributed by atoms with Crippen molar-refractivity contribution in [2.45, 2.75) is 38.9 Å². The summed E-state index contributed by atoms with van der Waals surface area (Å²) in [6, 6.07) is 0. The van der Waals surface area contributed by atoms with Gasteiger partial charge in [-0.3, -0.25) is 0 Å². The molecule has 0 aliphatic heterocycles. The maximum Gasteiger partial charge on any atom is 0.00756 e. The maximum atomic E-state index is 2.41. The van der Waals surface area contributed by atoms with Gasteiger partial charge in [-0.05, 0) is 30.4 Å². The third kappa shape index (κ3) is 3.14. The average Bonchev–Trinajstić information content (AvgIpc) is 2.27. The van der Waals surface area contributed by atoms with Gasteiger partial charge >= 0.3 is 0 Å². The number of allylic oxidation sites excluding steroid dienone is 4. The Hall–Kier alpha value is -0.170. The predicted octanol–water partition coefficient (Wildman–Crippen LogP) is 4.53. The summed E-state index contributed by atoms with van der Waals surface area (Å²) in [4.78, 5) is 0. The van der Waals surface area contributed by atoms with Crippen LogP contribution in [-0.4, -0.2) is 11.5 Å². The molecular formula is C14H24S. The van der Waals surface area contributed by atoms with E-state index in [2.05, 4.69) is 51.3 Å². The molecule has 0 amide bonds. The minimum absolute atomic E-state index is 0.709. The molecule has 0 radical (unpaired) electrons. The lowest BCUT2D eigenvalue weighted by Crippen LogP contribution is -2.28. The summed E-state index contributed by atoms with van der Waals surface area (Å²) in [7, 11) is 0. The molecule has 0 aromatic heterocycles. The maximum absolute atomic E-state index is 2.41. The fourth-order valence-corrected chi connectivity index (χ4v) is 3.75. The van der Waals surface area contributed by atoms with E-state index in [1.54, 1.807) is 0 Å². The molecule has 0 saturated heterocycles. The third-order valence-electron chi connectivity index (χ3n) is 3.61. The van der Waals surface area contributed by atoms with Crippen LogP contribution in [0.15, 0.2) is 24.3 Å². The summed E-state index contributed by atoms with van der Waals surface area (Å²) < 4.78 is 0. The van der Waals surface area contributed by atoms with E-state index in [1.165, 1.54) is 12.8 Å². The van der Waals surface area contributed by atoms with Crippen molar-refractivity contribution in [3.05, 3.63) is 24.3 Å². The van der Waals surface area contributed by atoms with Gasteiger partial charge in [-0.1, -0.05) is 51.5 Å². The Morgan fingerprint density at radius 2 is 1.80 bits per heavy atom. The summed E-state index contributed by atoms with van der Waals surface area (Å²) in [6.45, 7) is 7.00. The molecule has 0 spiro atoms. The number of thioether (sulfide) groups is 1. The van der Waals surface area contributed by atoms with Crippen molar-refractivity contribution in [3.8, 4) is 0 Å². The first kappa shape index (κ1) is 12.9. The highest BCUT2D eigenvalue weighted by atomic mass is 32.2. The van der Waals surface area contributed by atoms with Gasteiger partial charge in [0.15, 0.2) is 0 Å². The lowest BCUT2D eigenvalue weighted by Gasteiger charge is -2.34. The molecule has 0 aromatic rings. The van der Waals surface area contributed by atoms with Crippen LogP contribution in [0.5, 0.6) is 0 Å². The van der Waals surface area contributed by atoms with Crippen molar-refractivity contribution in [1.82, 2.24) is 0 Å². The van der Waals surface area contributed by atoms with Crippen LogP contribution in [0.3, 0.4) is 0 Å². The van der Waals surface area contributed by atoms with Gasteiger partial charge in [0.05, 0.1) is 0 Å². The second-order valence-corrected chi connectivity index (χ2v) is 5.54. The Labute approximate surface area is 99.2 Å². The Morgan fingerprint density at radius 1 is 1.13 bits per heavy atom. The van der Waals surface area contributed by atoms with E-state index in [-0.39, 0.29) is 0 Å². The smallest absolute Gasteiger partial charge is 0.00756 e. The average molecular weight is 224 g/mol. The molecule has 0 saturated carbocycles. The van der Waals surface area contributed by atoms with Crippen LogP contribution in [0.25, 0.3) is 0 Å². The van der Waals surface area contributed by atoms with Crippen LogP contribution >= 0.6 is 11.8 Å². The normalized spacial score (nSPS) is 29.1. The molecular weight excluding hydrogens is 200 g/mol. The van der Waals surface area contributed by atoms with Crippen molar-refractivity contribution in [2.24, 2.45) is 17.8 Å². The lowest BCUT2D eigenvalue weighted by molar-refractivity contribution is 0.310. The van der Waals surface area contributed by atoms with Crippen LogP contribution in [0.1, 0.15) is 33.6 Å². The molecule has 0 aromatic carbocycles. The first-order valence-electron chi connectivity index (χ1n) is 6.12. The third-order valence-corrected chi connectivity index (χ3v) is 4.90. The Morgan fingerprint density at radius 3 is 2.27 bits per heavy atom. The number of rotatable bonds is 5. The summed E-state index contributed by atoms with van der Waals surface area (Å²) in [5.41, 5.74) is 0. The molecule has 3 unspecified atom stereocenters.